The first kappa shape index (κ1) is 38.1. The van der Waals surface area contributed by atoms with Crippen molar-refractivity contribution in [3.05, 3.63) is 96.6 Å². The van der Waals surface area contributed by atoms with Crippen LogP contribution in [-0.4, -0.2) is 113 Å². The van der Waals surface area contributed by atoms with Gasteiger partial charge in [-0.15, -0.1) is 0 Å². The first-order valence-electron chi connectivity index (χ1n) is 17.5. The van der Waals surface area contributed by atoms with Crippen molar-refractivity contribution in [1.29, 1.82) is 0 Å². The van der Waals surface area contributed by atoms with Gasteiger partial charge in [0, 0.05) is 65.8 Å². The molecule has 0 aliphatic heterocycles. The molecule has 0 aliphatic carbocycles. The molecule has 3 heterocycles. The van der Waals surface area contributed by atoms with Gasteiger partial charge >= 0.3 is 0 Å². The molecule has 274 valence electrons. The van der Waals surface area contributed by atoms with Crippen molar-refractivity contribution < 1.29 is 19.2 Å². The van der Waals surface area contributed by atoms with E-state index in [0.717, 1.165) is 32.9 Å². The summed E-state index contributed by atoms with van der Waals surface area (Å²) in [7, 11) is 0. The lowest BCUT2D eigenvalue weighted by Gasteiger charge is -2.30. The number of nitrogens with one attached hydrogen (secondary N) is 4. The highest BCUT2D eigenvalue weighted by Crippen LogP contribution is 2.20. The normalized spacial score (nSPS) is 11.1. The lowest BCUT2D eigenvalue weighted by molar-refractivity contribution is -0.136. The molecule has 3 aromatic heterocycles. The Kier molecular flexibility index (Phi) is 14.2. The Morgan fingerprint density at radius 3 is 1.98 bits per heavy atom. The summed E-state index contributed by atoms with van der Waals surface area (Å²) >= 11 is 4.18. The zero-order valence-electron chi connectivity index (χ0n) is 29.2. The fourth-order valence-electron chi connectivity index (χ4n) is 6.05. The summed E-state index contributed by atoms with van der Waals surface area (Å²) in [6, 6.07) is 19.2. The maximum Gasteiger partial charge on any atom is 0.247 e. The molecular formula is C38H47N9O4S. The van der Waals surface area contributed by atoms with Gasteiger partial charge in [0.2, 0.25) is 23.6 Å². The number of para-hydroxylation sites is 2. The van der Waals surface area contributed by atoms with Crippen molar-refractivity contribution in [2.75, 3.05) is 69.6 Å². The fraction of sp³-hybridized carbons (Fsp3) is 0.342. The van der Waals surface area contributed by atoms with E-state index in [4.69, 9.17) is 5.73 Å². The van der Waals surface area contributed by atoms with Crippen molar-refractivity contribution in [1.82, 2.24) is 35.4 Å². The van der Waals surface area contributed by atoms with Crippen LogP contribution in [0.25, 0.3) is 21.8 Å². The second-order valence-corrected chi connectivity index (χ2v) is 12.9. The van der Waals surface area contributed by atoms with Gasteiger partial charge < -0.3 is 36.1 Å². The van der Waals surface area contributed by atoms with Crippen molar-refractivity contribution in [2.24, 2.45) is 5.73 Å². The van der Waals surface area contributed by atoms with Crippen LogP contribution in [0, 0.1) is 0 Å². The molecule has 5 aromatic rings. The van der Waals surface area contributed by atoms with E-state index in [1.165, 1.54) is 20.9 Å². The van der Waals surface area contributed by atoms with Crippen molar-refractivity contribution in [3.8, 4) is 0 Å². The minimum atomic E-state index is -0.452. The van der Waals surface area contributed by atoms with Gasteiger partial charge in [-0.05, 0) is 67.7 Å². The summed E-state index contributed by atoms with van der Waals surface area (Å²) < 4.78 is 0. The summed E-state index contributed by atoms with van der Waals surface area (Å²) in [4.78, 5) is 69.8. The van der Waals surface area contributed by atoms with Crippen LogP contribution in [0.4, 0.5) is 5.69 Å². The van der Waals surface area contributed by atoms with Gasteiger partial charge in [0.1, 0.15) is 13.1 Å². The summed E-state index contributed by atoms with van der Waals surface area (Å²) in [5, 5.41) is 8.00. The van der Waals surface area contributed by atoms with Gasteiger partial charge in [0.15, 0.2) is 0 Å². The molecule has 13 nitrogen and oxygen atoms in total. The highest BCUT2D eigenvalue weighted by Gasteiger charge is 2.27. The molecule has 4 amide bonds. The maximum atomic E-state index is 14.2. The van der Waals surface area contributed by atoms with E-state index in [1.54, 1.807) is 18.3 Å². The first-order valence-corrected chi connectivity index (χ1v) is 18.2. The van der Waals surface area contributed by atoms with Crippen LogP contribution in [0.15, 0.2) is 85.5 Å². The molecule has 0 aliphatic rings. The number of amides is 4. The van der Waals surface area contributed by atoms with Crippen LogP contribution in [0.3, 0.4) is 0 Å². The van der Waals surface area contributed by atoms with Crippen LogP contribution >= 0.6 is 12.6 Å². The average Bonchev–Trinajstić information content (AvgIpc) is 3.79. The fourth-order valence-corrected chi connectivity index (χ4v) is 6.16. The number of fused-ring (bicyclic) bond motifs is 2. The van der Waals surface area contributed by atoms with Crippen molar-refractivity contribution >= 4 is 63.8 Å². The molecule has 0 unspecified atom stereocenters. The summed E-state index contributed by atoms with van der Waals surface area (Å²) in [6.07, 6.45) is 8.63. The number of aromatic nitrogens is 3. The Hall–Kier alpha value is -5.18. The SMILES string of the molecule is NCCCNCC(=O)N(CCc1c[nH]c2ccccc12)CC(=O)N(CC(=O)N(CCc1c[nH]c2ccccc12)CC(=O)NCCS)c1cccnc1. The molecule has 0 radical (unpaired) electrons. The predicted molar refractivity (Wildman–Crippen MR) is 207 cm³/mol. The lowest BCUT2D eigenvalue weighted by atomic mass is 10.1. The molecule has 0 spiro atoms. The van der Waals surface area contributed by atoms with Gasteiger partial charge in [-0.1, -0.05) is 36.4 Å². The maximum absolute atomic E-state index is 14.2. The van der Waals surface area contributed by atoms with E-state index in [9.17, 15) is 19.2 Å². The number of carbonyl (C=O) groups is 4. The van der Waals surface area contributed by atoms with Crippen LogP contribution < -0.4 is 21.3 Å². The van der Waals surface area contributed by atoms with E-state index in [1.807, 2.05) is 60.9 Å². The van der Waals surface area contributed by atoms with Crippen molar-refractivity contribution in [3.63, 3.8) is 0 Å². The van der Waals surface area contributed by atoms with Gasteiger partial charge in [0.05, 0.1) is 25.0 Å². The third-order valence-corrected chi connectivity index (χ3v) is 9.06. The Labute approximate surface area is 308 Å². The number of benzene rings is 2. The molecule has 0 saturated heterocycles. The summed E-state index contributed by atoms with van der Waals surface area (Å²) in [5.74, 6) is -0.985. The number of aromatic amines is 2. The third kappa shape index (κ3) is 10.4. The largest absolute Gasteiger partial charge is 0.361 e. The van der Waals surface area contributed by atoms with Gasteiger partial charge in [0.25, 0.3) is 0 Å². The quantitative estimate of drug-likeness (QED) is 0.0529. The first-order chi connectivity index (χ1) is 25.4. The van der Waals surface area contributed by atoms with E-state index >= 15 is 0 Å². The van der Waals surface area contributed by atoms with E-state index in [0.29, 0.717) is 50.3 Å². The molecule has 52 heavy (non-hydrogen) atoms. The second kappa shape index (κ2) is 19.4. The van der Waals surface area contributed by atoms with Crippen LogP contribution in [0.1, 0.15) is 17.5 Å². The number of hydrogen-bond donors (Lipinski definition) is 6. The van der Waals surface area contributed by atoms with Crippen LogP contribution in [0.2, 0.25) is 0 Å². The van der Waals surface area contributed by atoms with Crippen molar-refractivity contribution in [2.45, 2.75) is 19.3 Å². The summed E-state index contributed by atoms with van der Waals surface area (Å²) in [6.45, 7) is 1.18. The molecule has 0 bridgehead atoms. The van der Waals surface area contributed by atoms with Gasteiger partial charge in [-0.25, -0.2) is 0 Å². The minimum absolute atomic E-state index is 0.0377. The summed E-state index contributed by atoms with van der Waals surface area (Å²) in [5.41, 5.74) is 10.0. The minimum Gasteiger partial charge on any atom is -0.361 e. The Balaban J connectivity index is 1.35. The van der Waals surface area contributed by atoms with Gasteiger partial charge in [-0.3, -0.25) is 29.1 Å². The molecule has 0 fully saturated rings. The van der Waals surface area contributed by atoms with Crippen LogP contribution in [-0.2, 0) is 32.0 Å². The number of thiol groups is 1. The van der Waals surface area contributed by atoms with E-state index in [2.05, 4.69) is 38.2 Å². The number of rotatable bonds is 20. The van der Waals surface area contributed by atoms with Gasteiger partial charge in [-0.2, -0.15) is 12.6 Å². The van der Waals surface area contributed by atoms with Crippen LogP contribution in [0.5, 0.6) is 0 Å². The molecule has 6 N–H and O–H groups in total. The monoisotopic (exact) mass is 725 g/mol. The Morgan fingerprint density at radius 2 is 1.38 bits per heavy atom. The molecule has 5 rings (SSSR count). The number of anilines is 1. The molecule has 14 heteroatoms. The topological polar surface area (TPSA) is 173 Å². The lowest BCUT2D eigenvalue weighted by Crippen LogP contribution is -2.51. The smallest absolute Gasteiger partial charge is 0.247 e. The molecule has 2 aromatic carbocycles. The van der Waals surface area contributed by atoms with E-state index < -0.39 is 11.8 Å². The Bertz CT molecular complexity index is 1930. The number of hydrogen-bond acceptors (Lipinski definition) is 8. The zero-order chi connectivity index (χ0) is 36.7. The number of carbonyl (C=O) groups excluding carboxylic acids is 4. The highest BCUT2D eigenvalue weighted by molar-refractivity contribution is 7.80. The Morgan fingerprint density at radius 1 is 0.750 bits per heavy atom. The molecular weight excluding hydrogens is 679 g/mol. The predicted octanol–water partition coefficient (Wildman–Crippen LogP) is 2.50. The van der Waals surface area contributed by atoms with E-state index in [-0.39, 0.29) is 51.1 Å². The standard InChI is InChI=1S/C38H47N9O4S/c39-14-6-16-41-24-36(49)46(19-13-29-22-44-34-11-4-2-9-32(29)34)26-38(51)47(30-7-5-15-40-23-30)27-37(50)45(25-35(48)42-17-20-52)18-12-28-21-43-33-10-3-1-8-31(28)33/h1-5,7-11,15,21-23,41,43-44,52H,6,12-14,16-20,24-27,39H2,(H,42,48). The molecule has 0 atom stereocenters. The second-order valence-electron chi connectivity index (χ2n) is 12.4. The number of H-pyrrole nitrogens is 2. The zero-order valence-corrected chi connectivity index (χ0v) is 30.1. The highest BCUT2D eigenvalue weighted by atomic mass is 32.1. The number of pyridine rings is 1. The average molecular weight is 726 g/mol. The third-order valence-electron chi connectivity index (χ3n) is 8.84. The number of nitrogens with two attached hydrogens (primary N) is 1. The molecule has 0 saturated carbocycles. The number of nitrogens with zero attached hydrogens (tertiary/aromatic N) is 4.